The average Bonchev–Trinajstić information content (AvgIpc) is 2.56. The lowest BCUT2D eigenvalue weighted by molar-refractivity contribution is -0.116. The lowest BCUT2D eigenvalue weighted by atomic mass is 10.1. The van der Waals surface area contributed by atoms with E-state index in [1.807, 2.05) is 44.2 Å². The Labute approximate surface area is 142 Å². The van der Waals surface area contributed by atoms with E-state index < -0.39 is 0 Å². The molecule has 24 heavy (non-hydrogen) atoms. The van der Waals surface area contributed by atoms with Crippen molar-refractivity contribution in [2.75, 3.05) is 24.3 Å². The third-order valence-electron chi connectivity index (χ3n) is 3.40. The number of carbonyl (C=O) groups is 1. The molecule has 2 aromatic rings. The molecule has 0 bridgehead atoms. The van der Waals surface area contributed by atoms with Crippen LogP contribution in [0.3, 0.4) is 0 Å². The summed E-state index contributed by atoms with van der Waals surface area (Å²) in [5.41, 5.74) is 1.22. The summed E-state index contributed by atoms with van der Waals surface area (Å²) in [7, 11) is 1.66. The minimum atomic E-state index is -0.0421. The molecule has 0 unspecified atom stereocenters. The van der Waals surface area contributed by atoms with Gasteiger partial charge in [-0.05, 0) is 42.2 Å². The molecule has 1 aromatic heterocycles. The van der Waals surface area contributed by atoms with E-state index in [1.165, 1.54) is 5.56 Å². The lowest BCUT2D eigenvalue weighted by Crippen LogP contribution is -2.15. The van der Waals surface area contributed by atoms with Gasteiger partial charge in [0.25, 0.3) is 0 Å². The lowest BCUT2D eigenvalue weighted by Gasteiger charge is -2.08. The number of hydrogen-bond donors (Lipinski definition) is 2. The maximum absolute atomic E-state index is 11.7. The first-order valence-corrected chi connectivity index (χ1v) is 8.07. The van der Waals surface area contributed by atoms with E-state index in [0.717, 1.165) is 18.7 Å². The van der Waals surface area contributed by atoms with Gasteiger partial charge in [0.2, 0.25) is 5.91 Å². The summed E-state index contributed by atoms with van der Waals surface area (Å²) in [5.74, 6) is 2.29. The van der Waals surface area contributed by atoms with Crippen LogP contribution in [0.4, 0.5) is 11.6 Å². The molecule has 128 valence electrons. The van der Waals surface area contributed by atoms with Crippen LogP contribution in [0.25, 0.3) is 0 Å². The van der Waals surface area contributed by atoms with Crippen molar-refractivity contribution in [1.82, 2.24) is 10.2 Å². The van der Waals surface area contributed by atoms with Crippen LogP contribution < -0.4 is 15.4 Å². The topological polar surface area (TPSA) is 76.1 Å². The van der Waals surface area contributed by atoms with Gasteiger partial charge in [0, 0.05) is 13.0 Å². The van der Waals surface area contributed by atoms with Crippen molar-refractivity contribution < 1.29 is 9.53 Å². The molecule has 0 aliphatic rings. The Bertz CT molecular complexity index is 639. The molecule has 0 radical (unpaired) electrons. The zero-order valence-electron chi connectivity index (χ0n) is 14.4. The van der Waals surface area contributed by atoms with Gasteiger partial charge in [-0.15, -0.1) is 10.2 Å². The quantitative estimate of drug-likeness (QED) is 0.778. The zero-order valence-corrected chi connectivity index (χ0v) is 14.4. The highest BCUT2D eigenvalue weighted by atomic mass is 16.5. The Hall–Kier alpha value is -2.63. The third-order valence-corrected chi connectivity index (χ3v) is 3.40. The zero-order chi connectivity index (χ0) is 17.4. The van der Waals surface area contributed by atoms with Crippen LogP contribution in [0.5, 0.6) is 5.75 Å². The molecule has 2 N–H and O–H groups in total. The first-order chi connectivity index (χ1) is 11.6. The molecule has 0 aliphatic heterocycles. The first kappa shape index (κ1) is 17.7. The number of carbonyl (C=O) groups excluding carboxylic acids is 1. The Morgan fingerprint density at radius 1 is 1.08 bits per heavy atom. The third kappa shape index (κ3) is 5.87. The van der Waals surface area contributed by atoms with Gasteiger partial charge in [0.05, 0.1) is 7.11 Å². The Morgan fingerprint density at radius 2 is 1.75 bits per heavy atom. The summed E-state index contributed by atoms with van der Waals surface area (Å²) < 4.78 is 5.14. The van der Waals surface area contributed by atoms with Crippen molar-refractivity contribution >= 4 is 17.5 Å². The summed E-state index contributed by atoms with van der Waals surface area (Å²) in [6.45, 7) is 4.75. The Kier molecular flexibility index (Phi) is 6.54. The van der Waals surface area contributed by atoms with Crippen molar-refractivity contribution in [2.24, 2.45) is 5.92 Å². The number of aromatic nitrogens is 2. The maximum atomic E-state index is 11.7. The molecule has 0 atom stereocenters. The molecular formula is C18H24N4O2. The molecule has 1 heterocycles. The fourth-order valence-corrected chi connectivity index (χ4v) is 2.18. The molecule has 0 spiro atoms. The van der Waals surface area contributed by atoms with Crippen LogP contribution in [-0.4, -0.2) is 29.8 Å². The number of benzene rings is 1. The van der Waals surface area contributed by atoms with Crippen molar-refractivity contribution in [2.45, 2.75) is 26.7 Å². The second-order valence-corrected chi connectivity index (χ2v) is 5.97. The van der Waals surface area contributed by atoms with Gasteiger partial charge >= 0.3 is 0 Å². The van der Waals surface area contributed by atoms with Gasteiger partial charge in [-0.2, -0.15) is 0 Å². The van der Waals surface area contributed by atoms with Crippen LogP contribution in [0, 0.1) is 5.92 Å². The van der Waals surface area contributed by atoms with Gasteiger partial charge in [-0.25, -0.2) is 0 Å². The largest absolute Gasteiger partial charge is 0.497 e. The molecule has 1 aromatic carbocycles. The summed E-state index contributed by atoms with van der Waals surface area (Å²) in [6, 6.07) is 11.5. The van der Waals surface area contributed by atoms with E-state index in [1.54, 1.807) is 13.2 Å². The van der Waals surface area contributed by atoms with Crippen molar-refractivity contribution in [1.29, 1.82) is 0 Å². The molecule has 6 nitrogen and oxygen atoms in total. The fourth-order valence-electron chi connectivity index (χ4n) is 2.18. The van der Waals surface area contributed by atoms with Crippen LogP contribution in [0.1, 0.15) is 25.8 Å². The van der Waals surface area contributed by atoms with E-state index in [4.69, 9.17) is 4.74 Å². The van der Waals surface area contributed by atoms with Crippen molar-refractivity contribution in [3.05, 3.63) is 42.0 Å². The van der Waals surface area contributed by atoms with Crippen molar-refractivity contribution in [3.8, 4) is 5.75 Å². The smallest absolute Gasteiger partial charge is 0.225 e. The molecule has 1 amide bonds. The monoisotopic (exact) mass is 328 g/mol. The minimum Gasteiger partial charge on any atom is -0.497 e. The summed E-state index contributed by atoms with van der Waals surface area (Å²) in [4.78, 5) is 11.7. The fraction of sp³-hybridized carbons (Fsp3) is 0.389. The molecule has 2 rings (SSSR count). The van der Waals surface area contributed by atoms with Gasteiger partial charge in [-0.1, -0.05) is 26.0 Å². The van der Waals surface area contributed by atoms with Gasteiger partial charge in [0.15, 0.2) is 5.82 Å². The Balaban J connectivity index is 1.77. The number of rotatable bonds is 8. The van der Waals surface area contributed by atoms with Crippen LogP contribution in [-0.2, 0) is 11.2 Å². The van der Waals surface area contributed by atoms with Crippen LogP contribution in [0.15, 0.2) is 36.4 Å². The van der Waals surface area contributed by atoms with E-state index in [2.05, 4.69) is 20.8 Å². The SMILES string of the molecule is COc1ccc(CCNc2ccc(NC(=O)CC(C)C)nn2)cc1. The number of methoxy groups -OCH3 is 1. The van der Waals surface area contributed by atoms with Gasteiger partial charge in [0.1, 0.15) is 11.6 Å². The number of anilines is 2. The maximum Gasteiger partial charge on any atom is 0.225 e. The van der Waals surface area contributed by atoms with Crippen LogP contribution in [0.2, 0.25) is 0 Å². The van der Waals surface area contributed by atoms with E-state index >= 15 is 0 Å². The Morgan fingerprint density at radius 3 is 2.33 bits per heavy atom. The van der Waals surface area contributed by atoms with Crippen LogP contribution >= 0.6 is 0 Å². The van der Waals surface area contributed by atoms with Crippen molar-refractivity contribution in [3.63, 3.8) is 0 Å². The average molecular weight is 328 g/mol. The predicted octanol–water partition coefficient (Wildman–Crippen LogP) is 3.12. The normalized spacial score (nSPS) is 10.5. The standard InChI is InChI=1S/C18H24N4O2/c1-13(2)12-18(23)20-17-9-8-16(21-22-17)19-11-10-14-4-6-15(24-3)7-5-14/h4-9,13H,10-12H2,1-3H3,(H,19,21)(H,20,22,23). The number of nitrogens with one attached hydrogen (secondary N) is 2. The number of hydrogen-bond acceptors (Lipinski definition) is 5. The van der Waals surface area contributed by atoms with Gasteiger partial charge < -0.3 is 15.4 Å². The highest BCUT2D eigenvalue weighted by Gasteiger charge is 2.06. The molecule has 6 heteroatoms. The second kappa shape index (κ2) is 8.86. The number of amides is 1. The first-order valence-electron chi connectivity index (χ1n) is 8.07. The molecule has 0 fully saturated rings. The molecule has 0 aliphatic carbocycles. The number of nitrogens with zero attached hydrogens (tertiary/aromatic N) is 2. The second-order valence-electron chi connectivity index (χ2n) is 5.97. The predicted molar refractivity (Wildman–Crippen MR) is 95.3 cm³/mol. The van der Waals surface area contributed by atoms with E-state index in [0.29, 0.717) is 24.0 Å². The highest BCUT2D eigenvalue weighted by molar-refractivity contribution is 5.89. The number of ether oxygens (including phenoxy) is 1. The molecule has 0 saturated carbocycles. The minimum absolute atomic E-state index is 0.0421. The molecular weight excluding hydrogens is 304 g/mol. The van der Waals surface area contributed by atoms with E-state index in [-0.39, 0.29) is 5.91 Å². The van der Waals surface area contributed by atoms with Gasteiger partial charge in [-0.3, -0.25) is 4.79 Å². The highest BCUT2D eigenvalue weighted by Crippen LogP contribution is 2.12. The summed E-state index contributed by atoms with van der Waals surface area (Å²) in [5, 5.41) is 14.0. The molecule has 0 saturated heterocycles. The summed E-state index contributed by atoms with van der Waals surface area (Å²) >= 11 is 0. The summed E-state index contributed by atoms with van der Waals surface area (Å²) in [6.07, 6.45) is 1.35. The van der Waals surface area contributed by atoms with E-state index in [9.17, 15) is 4.79 Å².